The molecule has 1 aromatic heterocycles. The van der Waals surface area contributed by atoms with E-state index in [0.29, 0.717) is 0 Å². The van der Waals surface area contributed by atoms with Crippen molar-refractivity contribution in [3.8, 4) is 0 Å². The van der Waals surface area contributed by atoms with Crippen LogP contribution in [0.4, 0.5) is 0 Å². The number of aryl methyl sites for hydroxylation is 1. The van der Waals surface area contributed by atoms with Gasteiger partial charge in [0, 0.05) is 18.8 Å². The first-order chi connectivity index (χ1) is 9.83. The van der Waals surface area contributed by atoms with Gasteiger partial charge >= 0.3 is 0 Å². The van der Waals surface area contributed by atoms with Crippen molar-refractivity contribution in [1.29, 1.82) is 0 Å². The van der Waals surface area contributed by atoms with Crippen molar-refractivity contribution in [2.24, 2.45) is 0 Å². The van der Waals surface area contributed by atoms with E-state index in [1.807, 2.05) is 6.20 Å². The molecular weight excluding hydrogens is 248 g/mol. The summed E-state index contributed by atoms with van der Waals surface area (Å²) >= 11 is 0. The molecule has 0 saturated heterocycles. The zero-order valence-corrected chi connectivity index (χ0v) is 12.9. The molecule has 1 aliphatic rings. The molecule has 1 aromatic rings. The highest BCUT2D eigenvalue weighted by molar-refractivity contribution is 4.96. The van der Waals surface area contributed by atoms with Crippen LogP contribution in [0.2, 0.25) is 0 Å². The smallest absolute Gasteiger partial charge is 0.108 e. The number of aliphatic hydroxyl groups excluding tert-OH is 1. The topological polar surface area (TPSA) is 38.0 Å². The molecule has 0 spiro atoms. The average Bonchev–Trinajstić information content (AvgIpc) is 2.91. The number of rotatable bonds is 2. The molecule has 1 aliphatic carbocycles. The third-order valence-electron chi connectivity index (χ3n) is 4.62. The molecule has 1 heterocycles. The Labute approximate surface area is 123 Å². The van der Waals surface area contributed by atoms with Gasteiger partial charge in [0.05, 0.1) is 12.1 Å². The van der Waals surface area contributed by atoms with Crippen LogP contribution >= 0.6 is 0 Å². The van der Waals surface area contributed by atoms with Gasteiger partial charge in [0.15, 0.2) is 0 Å². The molecule has 2 unspecified atom stereocenters. The fraction of sp³-hybridized carbons (Fsp3) is 0.824. The maximum atomic E-state index is 10.6. The van der Waals surface area contributed by atoms with Crippen molar-refractivity contribution in [3.63, 3.8) is 0 Å². The zero-order valence-electron chi connectivity index (χ0n) is 12.9. The van der Waals surface area contributed by atoms with Gasteiger partial charge in [-0.3, -0.25) is 0 Å². The normalized spacial score (nSPS) is 26.7. The Hall–Kier alpha value is -0.830. The van der Waals surface area contributed by atoms with E-state index in [-0.39, 0.29) is 12.1 Å². The van der Waals surface area contributed by atoms with Crippen LogP contribution in [0, 0.1) is 0 Å². The minimum Gasteiger partial charge on any atom is -0.391 e. The molecule has 0 aliphatic heterocycles. The summed E-state index contributed by atoms with van der Waals surface area (Å²) in [7, 11) is 0. The second-order valence-corrected chi connectivity index (χ2v) is 6.14. The van der Waals surface area contributed by atoms with E-state index in [1.165, 1.54) is 44.9 Å². The van der Waals surface area contributed by atoms with E-state index in [4.69, 9.17) is 0 Å². The summed E-state index contributed by atoms with van der Waals surface area (Å²) in [5, 5.41) is 10.6. The molecule has 0 aromatic carbocycles. The molecule has 20 heavy (non-hydrogen) atoms. The zero-order chi connectivity index (χ0) is 14.2. The molecule has 0 radical (unpaired) electrons. The summed E-state index contributed by atoms with van der Waals surface area (Å²) in [6, 6.07) is 0.229. The van der Waals surface area contributed by atoms with E-state index >= 15 is 0 Å². The lowest BCUT2D eigenvalue weighted by Crippen LogP contribution is -2.25. The van der Waals surface area contributed by atoms with Crippen LogP contribution in [0.25, 0.3) is 0 Å². The number of aliphatic hydroxyl groups is 1. The minimum atomic E-state index is -0.214. The van der Waals surface area contributed by atoms with Crippen LogP contribution in [0.3, 0.4) is 0 Å². The Morgan fingerprint density at radius 1 is 1.05 bits per heavy atom. The highest BCUT2D eigenvalue weighted by Crippen LogP contribution is 2.26. The highest BCUT2D eigenvalue weighted by Gasteiger charge is 2.22. The van der Waals surface area contributed by atoms with E-state index in [0.717, 1.165) is 31.5 Å². The molecule has 2 atom stereocenters. The third kappa shape index (κ3) is 4.34. The lowest BCUT2D eigenvalue weighted by molar-refractivity contribution is 0.0923. The largest absolute Gasteiger partial charge is 0.391 e. The van der Waals surface area contributed by atoms with Gasteiger partial charge in [-0.1, -0.05) is 58.3 Å². The van der Waals surface area contributed by atoms with Crippen molar-refractivity contribution in [2.45, 2.75) is 89.7 Å². The van der Waals surface area contributed by atoms with Gasteiger partial charge in [0.1, 0.15) is 5.82 Å². The van der Waals surface area contributed by atoms with Crippen molar-refractivity contribution in [2.75, 3.05) is 0 Å². The molecule has 3 heteroatoms. The number of nitrogens with zero attached hydrogens (tertiary/aromatic N) is 2. The number of aromatic nitrogens is 2. The quantitative estimate of drug-likeness (QED) is 0.877. The van der Waals surface area contributed by atoms with Crippen molar-refractivity contribution >= 4 is 0 Å². The maximum Gasteiger partial charge on any atom is 0.108 e. The van der Waals surface area contributed by atoms with Gasteiger partial charge in [0.2, 0.25) is 0 Å². The summed E-state index contributed by atoms with van der Waals surface area (Å²) < 4.78 is 2.23. The molecule has 2 rings (SSSR count). The molecule has 0 bridgehead atoms. The van der Waals surface area contributed by atoms with Crippen molar-refractivity contribution < 1.29 is 5.11 Å². The van der Waals surface area contributed by atoms with Crippen LogP contribution < -0.4 is 0 Å². The minimum absolute atomic E-state index is 0.214. The molecular formula is C17H30N2O. The first kappa shape index (κ1) is 15.6. The average molecular weight is 278 g/mol. The first-order valence-corrected chi connectivity index (χ1v) is 8.52. The van der Waals surface area contributed by atoms with Gasteiger partial charge in [-0.2, -0.15) is 0 Å². The van der Waals surface area contributed by atoms with E-state index in [2.05, 4.69) is 22.7 Å². The van der Waals surface area contributed by atoms with Crippen LogP contribution in [0.1, 0.15) is 83.0 Å². The summed E-state index contributed by atoms with van der Waals surface area (Å²) in [4.78, 5) is 4.43. The Morgan fingerprint density at radius 3 is 2.30 bits per heavy atom. The highest BCUT2D eigenvalue weighted by atomic mass is 16.3. The lowest BCUT2D eigenvalue weighted by Gasteiger charge is -2.26. The van der Waals surface area contributed by atoms with Gasteiger partial charge in [0.25, 0.3) is 0 Å². The predicted octanol–water partition coefficient (Wildman–Crippen LogP) is 4.26. The second kappa shape index (κ2) is 8.46. The predicted molar refractivity (Wildman–Crippen MR) is 82.8 cm³/mol. The molecule has 114 valence electrons. The van der Waals surface area contributed by atoms with Gasteiger partial charge in [-0.15, -0.1) is 0 Å². The van der Waals surface area contributed by atoms with E-state index in [1.54, 1.807) is 0 Å². The Balaban J connectivity index is 2.04. The molecule has 1 N–H and O–H groups in total. The second-order valence-electron chi connectivity index (χ2n) is 6.14. The Morgan fingerprint density at radius 2 is 1.65 bits per heavy atom. The van der Waals surface area contributed by atoms with Crippen LogP contribution in [0.5, 0.6) is 0 Å². The fourth-order valence-corrected chi connectivity index (χ4v) is 3.40. The number of hydrogen-bond donors (Lipinski definition) is 1. The Kier molecular flexibility index (Phi) is 6.58. The van der Waals surface area contributed by atoms with Gasteiger partial charge < -0.3 is 9.67 Å². The monoisotopic (exact) mass is 278 g/mol. The molecule has 0 amide bonds. The molecule has 1 fully saturated rings. The number of hydrogen-bond acceptors (Lipinski definition) is 2. The van der Waals surface area contributed by atoms with E-state index in [9.17, 15) is 5.11 Å². The summed E-state index contributed by atoms with van der Waals surface area (Å²) in [6.45, 7) is 2.14. The van der Waals surface area contributed by atoms with Gasteiger partial charge in [-0.05, 0) is 12.8 Å². The summed E-state index contributed by atoms with van der Waals surface area (Å²) in [5.74, 6) is 1.11. The van der Waals surface area contributed by atoms with Crippen molar-refractivity contribution in [3.05, 3.63) is 18.2 Å². The third-order valence-corrected chi connectivity index (χ3v) is 4.62. The van der Waals surface area contributed by atoms with Gasteiger partial charge in [-0.25, -0.2) is 4.98 Å². The fourth-order valence-electron chi connectivity index (χ4n) is 3.40. The summed E-state index contributed by atoms with van der Waals surface area (Å²) in [6.07, 6.45) is 17.1. The van der Waals surface area contributed by atoms with Crippen LogP contribution in [0.15, 0.2) is 12.4 Å². The summed E-state index contributed by atoms with van der Waals surface area (Å²) in [5.41, 5.74) is 0. The SMILES string of the molecule is CCc1nccn1C1CCCCCCCCCCC1O. The standard InChI is InChI=1S/C17H30N2O/c1-2-17-18-13-14-19(17)15-11-9-7-5-3-4-6-8-10-12-16(15)20/h13-16,20H,2-12H2,1H3. The van der Waals surface area contributed by atoms with Crippen molar-refractivity contribution in [1.82, 2.24) is 9.55 Å². The van der Waals surface area contributed by atoms with Crippen LogP contribution in [-0.2, 0) is 6.42 Å². The number of imidazole rings is 1. The van der Waals surface area contributed by atoms with E-state index < -0.39 is 0 Å². The lowest BCUT2D eigenvalue weighted by atomic mass is 9.95. The molecule has 3 nitrogen and oxygen atoms in total. The Bertz CT molecular complexity index is 375. The maximum absolute atomic E-state index is 10.6. The first-order valence-electron chi connectivity index (χ1n) is 8.52. The molecule has 1 saturated carbocycles. The van der Waals surface area contributed by atoms with Crippen LogP contribution in [-0.4, -0.2) is 20.8 Å².